The van der Waals surface area contributed by atoms with Gasteiger partial charge in [-0.3, -0.25) is 9.59 Å². The second kappa shape index (κ2) is 7.34. The quantitative estimate of drug-likeness (QED) is 0.430. The average Bonchev–Trinajstić information content (AvgIpc) is 2.22. The van der Waals surface area contributed by atoms with Crippen LogP contribution in [0.3, 0.4) is 0 Å². The van der Waals surface area contributed by atoms with Gasteiger partial charge in [0.2, 0.25) is 5.24 Å². The molecule has 0 atom stereocenters. The molecule has 0 bridgehead atoms. The lowest BCUT2D eigenvalue weighted by Crippen LogP contribution is -2.08. The Morgan fingerprint density at radius 1 is 1.17 bits per heavy atom. The van der Waals surface area contributed by atoms with Gasteiger partial charge in [-0.05, 0) is 30.2 Å². The summed E-state index contributed by atoms with van der Waals surface area (Å²) in [4.78, 5) is 22.0. The van der Waals surface area contributed by atoms with Crippen molar-refractivity contribution in [1.82, 2.24) is 0 Å². The van der Waals surface area contributed by atoms with E-state index in [2.05, 4.69) is 15.9 Å². The fourth-order valence-corrected chi connectivity index (χ4v) is 2.58. The predicted octanol–water partition coefficient (Wildman–Crippen LogP) is 4.60. The van der Waals surface area contributed by atoms with Gasteiger partial charge in [0.25, 0.3) is 0 Å². The zero-order valence-electron chi connectivity index (χ0n) is 9.01. The molecule has 0 N–H and O–H groups in total. The summed E-state index contributed by atoms with van der Waals surface area (Å²) >= 11 is 20.2. The summed E-state index contributed by atoms with van der Waals surface area (Å²) < 4.78 is 5.72. The van der Waals surface area contributed by atoms with Crippen molar-refractivity contribution < 1.29 is 14.3 Å². The molecule has 0 fully saturated rings. The number of ether oxygens (including phenoxy) is 1. The molecule has 0 aliphatic carbocycles. The van der Waals surface area contributed by atoms with E-state index in [0.717, 1.165) is 0 Å². The molecule has 0 amide bonds. The highest BCUT2D eigenvalue weighted by molar-refractivity contribution is 9.10. The fourth-order valence-electron chi connectivity index (χ4n) is 1.16. The van der Waals surface area contributed by atoms with E-state index in [0.29, 0.717) is 10.9 Å². The van der Waals surface area contributed by atoms with Crippen LogP contribution in [0.5, 0.6) is 5.75 Å². The van der Waals surface area contributed by atoms with Crippen molar-refractivity contribution in [2.24, 2.45) is 0 Å². The molecule has 1 rings (SSSR count). The maximum atomic E-state index is 11.5. The van der Waals surface area contributed by atoms with Crippen LogP contribution in [0.25, 0.3) is 0 Å². The molecule has 1 aromatic carbocycles. The van der Waals surface area contributed by atoms with Crippen LogP contribution in [-0.2, 0) is 9.59 Å². The van der Waals surface area contributed by atoms with E-state index < -0.39 is 11.2 Å². The predicted molar refractivity (Wildman–Crippen MR) is 74.5 cm³/mol. The Balaban J connectivity index is 2.62. The van der Waals surface area contributed by atoms with E-state index in [4.69, 9.17) is 39.5 Å². The monoisotopic (exact) mass is 372 g/mol. The zero-order valence-corrected chi connectivity index (χ0v) is 12.9. The first-order chi connectivity index (χ1) is 8.40. The molecule has 0 aliphatic rings. The first-order valence-corrected chi connectivity index (χ1v) is 6.86. The Bertz CT molecular complexity index is 454. The van der Waals surface area contributed by atoms with E-state index in [1.807, 2.05) is 0 Å². The van der Waals surface area contributed by atoms with Gasteiger partial charge in [0.05, 0.1) is 10.0 Å². The zero-order chi connectivity index (χ0) is 13.7. The summed E-state index contributed by atoms with van der Waals surface area (Å²) in [5, 5.41) is -0.0187. The van der Waals surface area contributed by atoms with E-state index in [1.165, 1.54) is 0 Å². The Kier molecular flexibility index (Phi) is 6.43. The number of rotatable bonds is 5. The Morgan fingerprint density at radius 2 is 1.72 bits per heavy atom. The first-order valence-electron chi connectivity index (χ1n) is 4.93. The van der Waals surface area contributed by atoms with Crippen LogP contribution in [0.4, 0.5) is 0 Å². The number of benzene rings is 1. The summed E-state index contributed by atoms with van der Waals surface area (Å²) in [6.45, 7) is 0. The molecule has 0 unspecified atom stereocenters. The number of hydrogen-bond donors (Lipinski definition) is 0. The largest absolute Gasteiger partial charge is 0.423 e. The lowest BCUT2D eigenvalue weighted by atomic mass is 10.2. The Hall–Kier alpha value is -0.290. The topological polar surface area (TPSA) is 43.4 Å². The third-order valence-corrected chi connectivity index (χ3v) is 3.14. The molecule has 98 valence electrons. The van der Waals surface area contributed by atoms with Crippen LogP contribution in [0.2, 0.25) is 10.0 Å². The molecule has 0 aliphatic heterocycles. The van der Waals surface area contributed by atoms with E-state index >= 15 is 0 Å². The minimum absolute atomic E-state index is 0.0706. The standard InChI is InChI=1S/C11H8BrCl3O3/c12-6-4-7(13)11(8(14)5-6)18-10(17)3-1-2-9(15)16/h4-5H,1-3H2. The molecular weight excluding hydrogens is 366 g/mol. The maximum absolute atomic E-state index is 11.5. The minimum atomic E-state index is -0.515. The van der Waals surface area contributed by atoms with Crippen molar-refractivity contribution in [3.05, 3.63) is 26.7 Å². The summed E-state index contributed by atoms with van der Waals surface area (Å²) in [5.74, 6) is -0.400. The maximum Gasteiger partial charge on any atom is 0.311 e. The van der Waals surface area contributed by atoms with Crippen LogP contribution in [0.1, 0.15) is 19.3 Å². The summed E-state index contributed by atoms with van der Waals surface area (Å²) in [7, 11) is 0. The van der Waals surface area contributed by atoms with Gasteiger partial charge in [-0.25, -0.2) is 0 Å². The van der Waals surface area contributed by atoms with Crippen molar-refractivity contribution in [2.75, 3.05) is 0 Å². The Morgan fingerprint density at radius 3 is 2.22 bits per heavy atom. The summed E-state index contributed by atoms with van der Waals surface area (Å²) in [5.41, 5.74) is 0. The average molecular weight is 374 g/mol. The number of hydrogen-bond acceptors (Lipinski definition) is 3. The molecule has 0 saturated carbocycles. The first kappa shape index (κ1) is 15.8. The van der Waals surface area contributed by atoms with Gasteiger partial charge in [-0.1, -0.05) is 39.1 Å². The molecule has 0 saturated heterocycles. The van der Waals surface area contributed by atoms with Gasteiger partial charge in [0.15, 0.2) is 5.75 Å². The van der Waals surface area contributed by atoms with Crippen molar-refractivity contribution in [2.45, 2.75) is 19.3 Å². The molecule has 0 spiro atoms. The van der Waals surface area contributed by atoms with Crippen molar-refractivity contribution in [3.63, 3.8) is 0 Å². The molecular formula is C11H8BrCl3O3. The molecule has 18 heavy (non-hydrogen) atoms. The lowest BCUT2D eigenvalue weighted by Gasteiger charge is -2.08. The minimum Gasteiger partial charge on any atom is -0.423 e. The number of halogens is 4. The third kappa shape index (κ3) is 5.14. The van der Waals surface area contributed by atoms with E-state index in [1.54, 1.807) is 12.1 Å². The number of esters is 1. The highest BCUT2D eigenvalue weighted by Crippen LogP contribution is 2.36. The van der Waals surface area contributed by atoms with Gasteiger partial charge in [-0.15, -0.1) is 0 Å². The van der Waals surface area contributed by atoms with Crippen LogP contribution < -0.4 is 4.74 Å². The van der Waals surface area contributed by atoms with Crippen molar-refractivity contribution in [1.29, 1.82) is 0 Å². The second-order valence-electron chi connectivity index (χ2n) is 3.38. The van der Waals surface area contributed by atoms with Crippen LogP contribution in [0.15, 0.2) is 16.6 Å². The third-order valence-electron chi connectivity index (χ3n) is 1.93. The van der Waals surface area contributed by atoms with Gasteiger partial charge >= 0.3 is 5.97 Å². The SMILES string of the molecule is O=C(Cl)CCCC(=O)Oc1c(Cl)cc(Br)cc1Cl. The van der Waals surface area contributed by atoms with Gasteiger partial charge in [0.1, 0.15) is 0 Å². The highest BCUT2D eigenvalue weighted by atomic mass is 79.9. The highest BCUT2D eigenvalue weighted by Gasteiger charge is 2.13. The molecule has 7 heteroatoms. The molecule has 0 aromatic heterocycles. The summed E-state index contributed by atoms with van der Waals surface area (Å²) in [6, 6.07) is 3.14. The van der Waals surface area contributed by atoms with E-state index in [9.17, 15) is 9.59 Å². The van der Waals surface area contributed by atoms with Crippen molar-refractivity contribution >= 4 is 61.9 Å². The Labute approximate surface area is 127 Å². The lowest BCUT2D eigenvalue weighted by molar-refractivity contribution is -0.134. The normalized spacial score (nSPS) is 10.2. The molecule has 0 heterocycles. The van der Waals surface area contributed by atoms with Gasteiger partial charge < -0.3 is 4.74 Å². The van der Waals surface area contributed by atoms with Gasteiger partial charge in [0, 0.05) is 17.3 Å². The van der Waals surface area contributed by atoms with Gasteiger partial charge in [-0.2, -0.15) is 0 Å². The van der Waals surface area contributed by atoms with Crippen LogP contribution in [0, 0.1) is 0 Å². The van der Waals surface area contributed by atoms with Crippen LogP contribution in [-0.4, -0.2) is 11.2 Å². The second-order valence-corrected chi connectivity index (χ2v) is 5.53. The van der Waals surface area contributed by atoms with Crippen molar-refractivity contribution in [3.8, 4) is 5.75 Å². The smallest absolute Gasteiger partial charge is 0.311 e. The number of carbonyl (C=O) groups is 2. The molecule has 3 nitrogen and oxygen atoms in total. The molecule has 1 aromatic rings. The fraction of sp³-hybridized carbons (Fsp3) is 0.273. The summed E-state index contributed by atoms with van der Waals surface area (Å²) in [6.07, 6.45) is 0.520. The molecule has 0 radical (unpaired) electrons. The van der Waals surface area contributed by atoms with Crippen LogP contribution >= 0.6 is 50.7 Å². The van der Waals surface area contributed by atoms with E-state index in [-0.39, 0.29) is 28.6 Å². The number of carbonyl (C=O) groups excluding carboxylic acids is 2.